The zero-order chi connectivity index (χ0) is 19.5. The van der Waals surface area contributed by atoms with E-state index in [1.807, 2.05) is 37.3 Å². The van der Waals surface area contributed by atoms with Crippen LogP contribution in [0, 0.1) is 6.92 Å². The predicted molar refractivity (Wildman–Crippen MR) is 99.9 cm³/mol. The topological polar surface area (TPSA) is 101 Å². The normalized spacial score (nSPS) is 10.8. The number of rotatable bonds is 6. The molecule has 0 aliphatic carbocycles. The molecule has 9 heteroatoms. The van der Waals surface area contributed by atoms with Crippen molar-refractivity contribution in [2.75, 3.05) is 14.2 Å². The number of aromatic nitrogens is 6. The van der Waals surface area contributed by atoms with Crippen LogP contribution in [0.1, 0.15) is 11.5 Å². The van der Waals surface area contributed by atoms with Gasteiger partial charge in [-0.15, -0.1) is 10.2 Å². The highest BCUT2D eigenvalue weighted by atomic mass is 16.5. The van der Waals surface area contributed by atoms with E-state index in [4.69, 9.17) is 14.0 Å². The summed E-state index contributed by atoms with van der Waals surface area (Å²) in [7, 11) is 3.16. The number of benzene rings is 2. The maximum Gasteiger partial charge on any atom is 0.250 e. The van der Waals surface area contributed by atoms with Crippen molar-refractivity contribution in [3.8, 4) is 34.3 Å². The second-order valence-electron chi connectivity index (χ2n) is 6.09. The number of nitrogens with zero attached hydrogens (tertiary/aromatic N) is 6. The molecule has 0 bridgehead atoms. The Morgan fingerprint density at radius 1 is 0.929 bits per heavy atom. The summed E-state index contributed by atoms with van der Waals surface area (Å²) in [5.41, 5.74) is 2.81. The minimum Gasteiger partial charge on any atom is -0.493 e. The van der Waals surface area contributed by atoms with Crippen LogP contribution in [-0.4, -0.2) is 44.6 Å². The molecule has 0 saturated heterocycles. The molecule has 0 radical (unpaired) electrons. The largest absolute Gasteiger partial charge is 0.493 e. The molecule has 28 heavy (non-hydrogen) atoms. The number of ether oxygens (including phenoxy) is 2. The Labute approximate surface area is 160 Å². The Bertz CT molecular complexity index is 1090. The molecule has 0 atom stereocenters. The van der Waals surface area contributed by atoms with Crippen molar-refractivity contribution >= 4 is 0 Å². The SMILES string of the molecule is COc1ccc(-c2nnn(Cc3nc(-c4ccc(C)cc4)no3)n2)cc1OC. The summed E-state index contributed by atoms with van der Waals surface area (Å²) in [6.07, 6.45) is 0. The van der Waals surface area contributed by atoms with Crippen molar-refractivity contribution in [1.82, 2.24) is 30.3 Å². The molecule has 0 amide bonds. The Hall–Kier alpha value is -3.75. The van der Waals surface area contributed by atoms with Crippen LogP contribution < -0.4 is 9.47 Å². The molecule has 142 valence electrons. The van der Waals surface area contributed by atoms with Crippen molar-refractivity contribution in [3.63, 3.8) is 0 Å². The Kier molecular flexibility index (Phi) is 4.71. The van der Waals surface area contributed by atoms with Gasteiger partial charge in [0, 0.05) is 11.1 Å². The summed E-state index contributed by atoms with van der Waals surface area (Å²) in [6.45, 7) is 2.25. The number of tetrazole rings is 1. The standard InChI is InChI=1S/C19H18N6O3/c1-12-4-6-13(7-5-12)18-20-17(28-23-18)11-25-22-19(21-24-25)14-8-9-15(26-2)16(10-14)27-3/h4-10H,11H2,1-3H3. The summed E-state index contributed by atoms with van der Waals surface area (Å²) >= 11 is 0. The smallest absolute Gasteiger partial charge is 0.250 e. The minimum atomic E-state index is 0.221. The van der Waals surface area contributed by atoms with Gasteiger partial charge in [0.1, 0.15) is 6.54 Å². The van der Waals surface area contributed by atoms with Gasteiger partial charge in [0.15, 0.2) is 11.5 Å². The minimum absolute atomic E-state index is 0.221. The quantitative estimate of drug-likeness (QED) is 0.505. The molecule has 4 rings (SSSR count). The highest BCUT2D eigenvalue weighted by Crippen LogP contribution is 2.30. The van der Waals surface area contributed by atoms with Crippen LogP contribution in [-0.2, 0) is 6.54 Å². The first-order valence-electron chi connectivity index (χ1n) is 8.56. The molecule has 4 aromatic rings. The number of aryl methyl sites for hydroxylation is 1. The molecular weight excluding hydrogens is 360 g/mol. The molecule has 0 spiro atoms. The van der Waals surface area contributed by atoms with Crippen molar-refractivity contribution in [3.05, 3.63) is 53.9 Å². The lowest BCUT2D eigenvalue weighted by Crippen LogP contribution is -2.04. The first-order valence-corrected chi connectivity index (χ1v) is 8.56. The molecule has 0 aliphatic rings. The van der Waals surface area contributed by atoms with Crippen LogP contribution in [0.25, 0.3) is 22.8 Å². The van der Waals surface area contributed by atoms with Crippen LogP contribution in [0.2, 0.25) is 0 Å². The van der Waals surface area contributed by atoms with Crippen molar-refractivity contribution in [2.24, 2.45) is 0 Å². The second kappa shape index (κ2) is 7.47. The lowest BCUT2D eigenvalue weighted by atomic mass is 10.1. The maximum atomic E-state index is 5.31. The van der Waals surface area contributed by atoms with Gasteiger partial charge in [-0.05, 0) is 30.3 Å². The molecule has 2 aromatic carbocycles. The third-order valence-electron chi connectivity index (χ3n) is 4.15. The Morgan fingerprint density at radius 2 is 1.68 bits per heavy atom. The summed E-state index contributed by atoms with van der Waals surface area (Å²) < 4.78 is 15.9. The van der Waals surface area contributed by atoms with Crippen molar-refractivity contribution in [2.45, 2.75) is 13.5 Å². The van der Waals surface area contributed by atoms with E-state index in [2.05, 4.69) is 25.6 Å². The van der Waals surface area contributed by atoms with E-state index in [9.17, 15) is 0 Å². The van der Waals surface area contributed by atoms with Gasteiger partial charge in [-0.25, -0.2) is 0 Å². The summed E-state index contributed by atoms with van der Waals surface area (Å²) in [4.78, 5) is 5.80. The fraction of sp³-hybridized carbons (Fsp3) is 0.211. The first kappa shape index (κ1) is 17.7. The van der Waals surface area contributed by atoms with Crippen molar-refractivity contribution in [1.29, 1.82) is 0 Å². The van der Waals surface area contributed by atoms with E-state index in [1.54, 1.807) is 26.4 Å². The second-order valence-corrected chi connectivity index (χ2v) is 6.09. The van der Waals surface area contributed by atoms with Gasteiger partial charge in [-0.1, -0.05) is 35.0 Å². The van der Waals surface area contributed by atoms with Crippen LogP contribution in [0.3, 0.4) is 0 Å². The van der Waals surface area contributed by atoms with Gasteiger partial charge in [0.05, 0.1) is 14.2 Å². The lowest BCUT2D eigenvalue weighted by Gasteiger charge is -2.07. The third-order valence-corrected chi connectivity index (χ3v) is 4.15. The van der Waals surface area contributed by atoms with Gasteiger partial charge < -0.3 is 14.0 Å². The van der Waals surface area contributed by atoms with Crippen LogP contribution in [0.5, 0.6) is 11.5 Å². The average Bonchev–Trinajstić information content (AvgIpc) is 3.38. The molecule has 0 aliphatic heterocycles. The van der Waals surface area contributed by atoms with Crippen LogP contribution >= 0.6 is 0 Å². The summed E-state index contributed by atoms with van der Waals surface area (Å²) in [6, 6.07) is 13.3. The monoisotopic (exact) mass is 378 g/mol. The molecule has 0 fully saturated rings. The molecule has 0 saturated carbocycles. The van der Waals surface area contributed by atoms with Crippen LogP contribution in [0.15, 0.2) is 47.0 Å². The molecule has 2 aromatic heterocycles. The molecule has 9 nitrogen and oxygen atoms in total. The Balaban J connectivity index is 1.52. The third kappa shape index (κ3) is 3.54. The van der Waals surface area contributed by atoms with Gasteiger partial charge in [-0.2, -0.15) is 9.78 Å². The number of hydrogen-bond acceptors (Lipinski definition) is 8. The van der Waals surface area contributed by atoms with Crippen molar-refractivity contribution < 1.29 is 14.0 Å². The highest BCUT2D eigenvalue weighted by molar-refractivity contribution is 5.60. The van der Waals surface area contributed by atoms with Gasteiger partial charge in [0.25, 0.3) is 5.89 Å². The summed E-state index contributed by atoms with van der Waals surface area (Å²) in [5, 5.41) is 16.5. The molecule has 0 N–H and O–H groups in total. The first-order chi connectivity index (χ1) is 13.7. The van der Waals surface area contributed by atoms with Gasteiger partial charge in [0.2, 0.25) is 11.6 Å². The predicted octanol–water partition coefficient (Wildman–Crippen LogP) is 2.76. The van der Waals surface area contributed by atoms with Crippen LogP contribution in [0.4, 0.5) is 0 Å². The number of methoxy groups -OCH3 is 2. The zero-order valence-electron chi connectivity index (χ0n) is 15.7. The van der Waals surface area contributed by atoms with E-state index in [1.165, 1.54) is 10.4 Å². The van der Waals surface area contributed by atoms with E-state index >= 15 is 0 Å². The van der Waals surface area contributed by atoms with E-state index in [0.717, 1.165) is 11.1 Å². The van der Waals surface area contributed by atoms with E-state index in [-0.39, 0.29) is 6.54 Å². The van der Waals surface area contributed by atoms with E-state index in [0.29, 0.717) is 29.0 Å². The fourth-order valence-corrected chi connectivity index (χ4v) is 2.66. The fourth-order valence-electron chi connectivity index (χ4n) is 2.66. The van der Waals surface area contributed by atoms with Gasteiger partial charge >= 0.3 is 0 Å². The number of hydrogen-bond donors (Lipinski definition) is 0. The average molecular weight is 378 g/mol. The molecular formula is C19H18N6O3. The molecule has 0 unspecified atom stereocenters. The highest BCUT2D eigenvalue weighted by Gasteiger charge is 2.13. The van der Waals surface area contributed by atoms with E-state index < -0.39 is 0 Å². The lowest BCUT2D eigenvalue weighted by molar-refractivity contribution is 0.355. The maximum absolute atomic E-state index is 5.31. The summed E-state index contributed by atoms with van der Waals surface area (Å²) in [5.74, 6) is 2.60. The zero-order valence-corrected chi connectivity index (χ0v) is 15.7. The Morgan fingerprint density at radius 3 is 2.43 bits per heavy atom. The van der Waals surface area contributed by atoms with Gasteiger partial charge in [-0.3, -0.25) is 0 Å². The molecule has 2 heterocycles.